The van der Waals surface area contributed by atoms with E-state index in [9.17, 15) is 4.79 Å². The van der Waals surface area contributed by atoms with Gasteiger partial charge in [0.1, 0.15) is 0 Å². The fourth-order valence-corrected chi connectivity index (χ4v) is 6.51. The monoisotopic (exact) mass is 358 g/mol. The van der Waals surface area contributed by atoms with E-state index in [0.29, 0.717) is 0 Å². The van der Waals surface area contributed by atoms with Crippen LogP contribution in [0.4, 0.5) is 0 Å². The smallest absolute Gasteiger partial charge is 0.314 e. The lowest BCUT2D eigenvalue weighted by Crippen LogP contribution is -2.39. The Balaban J connectivity index is 2.33. The summed E-state index contributed by atoms with van der Waals surface area (Å²) in [6, 6.07) is 18.5. The maximum Gasteiger partial charge on any atom is 0.314 e. The molecular formula is C20H26O2SSi. The molecule has 0 amide bonds. The lowest BCUT2D eigenvalue weighted by molar-refractivity contribution is -0.142. The van der Waals surface area contributed by atoms with Gasteiger partial charge in [-0.05, 0) is 16.8 Å². The Kier molecular flexibility index (Phi) is 6.30. The molecule has 0 aliphatic carbocycles. The minimum Gasteiger partial charge on any atom is -0.469 e. The second-order valence-electron chi connectivity index (χ2n) is 6.98. The van der Waals surface area contributed by atoms with E-state index in [4.69, 9.17) is 4.74 Å². The van der Waals surface area contributed by atoms with Crippen LogP contribution in [-0.4, -0.2) is 26.4 Å². The zero-order valence-corrected chi connectivity index (χ0v) is 16.9. The van der Waals surface area contributed by atoms with E-state index in [-0.39, 0.29) is 17.1 Å². The zero-order valence-electron chi connectivity index (χ0n) is 15.1. The van der Waals surface area contributed by atoms with E-state index in [2.05, 4.69) is 50.8 Å². The molecule has 0 aliphatic heterocycles. The highest BCUT2D eigenvalue weighted by Gasteiger charge is 2.30. The van der Waals surface area contributed by atoms with Gasteiger partial charge in [0.2, 0.25) is 0 Å². The van der Waals surface area contributed by atoms with Crippen molar-refractivity contribution >= 4 is 31.0 Å². The van der Waals surface area contributed by atoms with Gasteiger partial charge < -0.3 is 4.74 Å². The van der Waals surface area contributed by atoms with E-state index in [1.54, 1.807) is 11.8 Å². The maximum atomic E-state index is 12.4. The van der Waals surface area contributed by atoms with Crippen molar-refractivity contribution in [2.75, 3.05) is 7.11 Å². The predicted octanol–water partition coefficient (Wildman–Crippen LogP) is 4.67. The molecule has 0 N–H and O–H groups in total. The predicted molar refractivity (Wildman–Crippen MR) is 106 cm³/mol. The maximum absolute atomic E-state index is 12.4. The number of rotatable bonds is 6. The van der Waals surface area contributed by atoms with Crippen LogP contribution in [0.15, 0.2) is 59.5 Å². The number of carbonyl (C=O) groups excluding carboxylic acids is 1. The van der Waals surface area contributed by atoms with Crippen LogP contribution in [0.1, 0.15) is 18.4 Å². The minimum atomic E-state index is -1.43. The first-order valence-electron chi connectivity index (χ1n) is 8.23. The summed E-state index contributed by atoms with van der Waals surface area (Å²) < 4.78 is 5.08. The Morgan fingerprint density at radius 2 is 1.58 bits per heavy atom. The number of benzene rings is 2. The third kappa shape index (κ3) is 4.52. The van der Waals surface area contributed by atoms with Gasteiger partial charge in [0.25, 0.3) is 0 Å². The van der Waals surface area contributed by atoms with E-state index in [1.807, 2.05) is 30.3 Å². The number of ether oxygens (including phenoxy) is 1. The Hall–Kier alpha value is -1.52. The summed E-state index contributed by atoms with van der Waals surface area (Å²) in [6.45, 7) is 9.17. The van der Waals surface area contributed by atoms with Crippen molar-refractivity contribution in [2.45, 2.75) is 42.6 Å². The van der Waals surface area contributed by atoms with Crippen LogP contribution in [0.5, 0.6) is 0 Å². The third-order valence-corrected chi connectivity index (χ3v) is 7.58. The first-order chi connectivity index (χ1) is 11.3. The van der Waals surface area contributed by atoms with E-state index in [0.717, 1.165) is 5.56 Å². The number of thioether (sulfide) groups is 1. The van der Waals surface area contributed by atoms with Crippen molar-refractivity contribution in [1.29, 1.82) is 0 Å². The van der Waals surface area contributed by atoms with E-state index >= 15 is 0 Å². The van der Waals surface area contributed by atoms with Gasteiger partial charge in [0.15, 0.2) is 0 Å². The summed E-state index contributed by atoms with van der Waals surface area (Å²) in [5.74, 6) is -0.442. The van der Waals surface area contributed by atoms with E-state index < -0.39 is 8.07 Å². The molecule has 2 atom stereocenters. The van der Waals surface area contributed by atoms with Gasteiger partial charge in [-0.15, -0.1) is 11.8 Å². The van der Waals surface area contributed by atoms with Crippen LogP contribution in [-0.2, 0) is 9.53 Å². The number of hydrogen-bond donors (Lipinski definition) is 0. The summed E-state index contributed by atoms with van der Waals surface area (Å²) in [5, 5.41) is 1.54. The van der Waals surface area contributed by atoms with Gasteiger partial charge in [-0.2, -0.15) is 0 Å². The summed E-state index contributed by atoms with van der Waals surface area (Å²) in [7, 11) is 0.0327. The summed E-state index contributed by atoms with van der Waals surface area (Å²) >= 11 is 1.78. The number of carbonyl (C=O) groups is 1. The van der Waals surface area contributed by atoms with Gasteiger partial charge in [0.05, 0.1) is 21.1 Å². The van der Waals surface area contributed by atoms with E-state index in [1.165, 1.54) is 17.2 Å². The third-order valence-electron chi connectivity index (χ3n) is 4.09. The number of hydrogen-bond acceptors (Lipinski definition) is 3. The van der Waals surface area contributed by atoms with Gasteiger partial charge >= 0.3 is 5.97 Å². The van der Waals surface area contributed by atoms with Crippen molar-refractivity contribution < 1.29 is 9.53 Å². The quantitative estimate of drug-likeness (QED) is 0.426. The Morgan fingerprint density at radius 1 is 1.00 bits per heavy atom. The first kappa shape index (κ1) is 18.8. The van der Waals surface area contributed by atoms with Crippen LogP contribution < -0.4 is 5.19 Å². The lowest BCUT2D eigenvalue weighted by Gasteiger charge is -2.25. The fraction of sp³-hybridized carbons (Fsp3) is 0.350. The van der Waals surface area contributed by atoms with Crippen molar-refractivity contribution in [3.05, 3.63) is 60.2 Å². The average molecular weight is 359 g/mol. The Morgan fingerprint density at radius 3 is 2.17 bits per heavy atom. The van der Waals surface area contributed by atoms with Crippen LogP contribution in [0, 0.1) is 0 Å². The van der Waals surface area contributed by atoms with Crippen molar-refractivity contribution in [1.82, 2.24) is 0 Å². The van der Waals surface area contributed by atoms with Gasteiger partial charge in [-0.1, -0.05) is 75.1 Å². The molecule has 2 nitrogen and oxygen atoms in total. The molecule has 2 aromatic rings. The van der Waals surface area contributed by atoms with Crippen molar-refractivity contribution in [3.63, 3.8) is 0 Å². The van der Waals surface area contributed by atoms with Crippen LogP contribution in [0.25, 0.3) is 0 Å². The van der Waals surface area contributed by atoms with Crippen molar-refractivity contribution in [3.8, 4) is 0 Å². The second kappa shape index (κ2) is 8.04. The molecule has 0 bridgehead atoms. The lowest BCUT2D eigenvalue weighted by atomic mass is 9.96. The standard InChI is InChI=1S/C20H26O2SSi/c1-15(19(20(21)22-2)16-11-7-6-8-12-16)23-17-13-9-10-14-18(17)24(3,4)5/h6-15,19H,1-5H3/t15-,19-/m0/s1. The second-order valence-corrected chi connectivity index (χ2v) is 13.4. The molecule has 2 rings (SSSR count). The topological polar surface area (TPSA) is 26.3 Å². The molecule has 0 radical (unpaired) electrons. The van der Waals surface area contributed by atoms with Gasteiger partial charge in [-0.25, -0.2) is 0 Å². The molecule has 0 aliphatic rings. The summed E-state index contributed by atoms with van der Waals surface area (Å²) in [6.07, 6.45) is 0. The molecule has 4 heteroatoms. The molecule has 0 saturated carbocycles. The first-order valence-corrected chi connectivity index (χ1v) is 12.6. The van der Waals surface area contributed by atoms with Crippen LogP contribution >= 0.6 is 11.8 Å². The molecule has 0 saturated heterocycles. The highest BCUT2D eigenvalue weighted by atomic mass is 32.2. The SMILES string of the molecule is COC(=O)[C@H](c1ccccc1)[C@H](C)Sc1ccccc1[Si](C)(C)C. The van der Waals surface area contributed by atoms with Crippen LogP contribution in [0.3, 0.4) is 0 Å². The van der Waals surface area contributed by atoms with Crippen molar-refractivity contribution in [2.24, 2.45) is 0 Å². The molecule has 0 heterocycles. The minimum absolute atomic E-state index is 0.0948. The molecular weight excluding hydrogens is 332 g/mol. The molecule has 128 valence electrons. The molecule has 24 heavy (non-hydrogen) atoms. The molecule has 0 fully saturated rings. The summed E-state index contributed by atoms with van der Waals surface area (Å²) in [4.78, 5) is 13.7. The summed E-state index contributed by atoms with van der Waals surface area (Å²) in [5.41, 5.74) is 1.01. The zero-order chi connectivity index (χ0) is 17.7. The average Bonchev–Trinajstić information content (AvgIpc) is 2.55. The highest BCUT2D eigenvalue weighted by molar-refractivity contribution is 8.00. The van der Waals surface area contributed by atoms with Gasteiger partial charge in [0, 0.05) is 10.1 Å². The Labute approximate surface area is 150 Å². The van der Waals surface area contributed by atoms with Gasteiger partial charge in [-0.3, -0.25) is 4.79 Å². The Bertz CT molecular complexity index is 680. The van der Waals surface area contributed by atoms with Crippen LogP contribution in [0.2, 0.25) is 19.6 Å². The number of methoxy groups -OCH3 is 1. The largest absolute Gasteiger partial charge is 0.469 e. The molecule has 0 spiro atoms. The molecule has 0 aromatic heterocycles. The molecule has 0 unspecified atom stereocenters. The fourth-order valence-electron chi connectivity index (χ4n) is 2.84. The highest BCUT2D eigenvalue weighted by Crippen LogP contribution is 2.34. The normalized spacial score (nSPS) is 14.0. The molecule has 2 aromatic carbocycles. The number of esters is 1.